The van der Waals surface area contributed by atoms with Crippen molar-refractivity contribution in [3.8, 4) is 0 Å². The highest BCUT2D eigenvalue weighted by atomic mass is 35.5. The predicted molar refractivity (Wildman–Crippen MR) is 108 cm³/mol. The van der Waals surface area contributed by atoms with Crippen molar-refractivity contribution >= 4 is 36.2 Å². The Morgan fingerprint density at radius 3 is 2.19 bits per heavy atom. The van der Waals surface area contributed by atoms with Crippen molar-refractivity contribution in [1.29, 1.82) is 0 Å². The van der Waals surface area contributed by atoms with E-state index in [1.54, 1.807) is 11.3 Å². The van der Waals surface area contributed by atoms with Gasteiger partial charge in [0.05, 0.1) is 23.8 Å². The largest absolute Gasteiger partial charge is 0.338 e. The minimum absolute atomic E-state index is 0. The molecule has 0 bridgehead atoms. The number of hydrogen-bond acceptors (Lipinski definition) is 8. The summed E-state index contributed by atoms with van der Waals surface area (Å²) in [7, 11) is 0. The Hall–Kier alpha value is -0.770. The van der Waals surface area contributed by atoms with Crippen LogP contribution < -0.4 is 5.73 Å². The van der Waals surface area contributed by atoms with Gasteiger partial charge in [-0.25, -0.2) is 4.98 Å². The smallest absolute Gasteiger partial charge is 0.240 e. The molecule has 148 valence electrons. The minimum Gasteiger partial charge on any atom is -0.338 e. The number of aromatic nitrogens is 3. The summed E-state index contributed by atoms with van der Waals surface area (Å²) < 4.78 is 5.05. The van der Waals surface area contributed by atoms with E-state index >= 15 is 0 Å². The molecule has 2 aromatic rings. The highest BCUT2D eigenvalue weighted by Crippen LogP contribution is 2.26. The maximum atomic E-state index is 5.49. The van der Waals surface area contributed by atoms with Crippen molar-refractivity contribution in [3.63, 3.8) is 0 Å². The fourth-order valence-electron chi connectivity index (χ4n) is 2.70. The highest BCUT2D eigenvalue weighted by molar-refractivity contribution is 7.09. The van der Waals surface area contributed by atoms with Gasteiger partial charge in [-0.1, -0.05) is 25.9 Å². The van der Waals surface area contributed by atoms with Crippen molar-refractivity contribution in [2.24, 2.45) is 5.73 Å². The lowest BCUT2D eigenvalue weighted by Crippen LogP contribution is -2.45. The van der Waals surface area contributed by atoms with E-state index in [9.17, 15) is 0 Å². The normalized spacial score (nSPS) is 16.2. The monoisotopic (exact) mass is 422 g/mol. The first-order valence-corrected chi connectivity index (χ1v) is 9.23. The van der Waals surface area contributed by atoms with Crippen LogP contribution in [-0.4, -0.2) is 51.1 Å². The molecule has 0 aliphatic carbocycles. The zero-order valence-corrected chi connectivity index (χ0v) is 17.9. The quantitative estimate of drug-likeness (QED) is 0.791. The van der Waals surface area contributed by atoms with E-state index in [2.05, 4.69) is 46.1 Å². The molecule has 3 heterocycles. The van der Waals surface area contributed by atoms with Gasteiger partial charge < -0.3 is 10.3 Å². The van der Waals surface area contributed by atoms with Crippen molar-refractivity contribution in [3.05, 3.63) is 27.8 Å². The van der Waals surface area contributed by atoms with Gasteiger partial charge in [-0.15, -0.1) is 36.2 Å². The van der Waals surface area contributed by atoms with Crippen LogP contribution in [0.15, 0.2) is 9.90 Å². The molecule has 0 unspecified atom stereocenters. The molecule has 3 rings (SSSR count). The molecule has 1 aliphatic rings. The SMILES string of the molecule is CC(C)(C)c1nc(CN2CCN(Cc3noc(CN)n3)CC2)cs1.Cl.Cl. The number of thiazole rings is 1. The zero-order chi connectivity index (χ0) is 17.2. The Labute approximate surface area is 171 Å². The molecule has 2 N–H and O–H groups in total. The van der Waals surface area contributed by atoms with E-state index in [-0.39, 0.29) is 30.2 Å². The van der Waals surface area contributed by atoms with E-state index < -0.39 is 0 Å². The Bertz CT molecular complexity index is 664. The molecule has 2 aromatic heterocycles. The molecule has 1 saturated heterocycles. The first-order chi connectivity index (χ1) is 11.4. The van der Waals surface area contributed by atoms with Gasteiger partial charge in [0.15, 0.2) is 5.82 Å². The van der Waals surface area contributed by atoms with Gasteiger partial charge in [0.1, 0.15) is 0 Å². The average molecular weight is 423 g/mol. The summed E-state index contributed by atoms with van der Waals surface area (Å²) >= 11 is 1.77. The van der Waals surface area contributed by atoms with E-state index in [1.165, 1.54) is 10.7 Å². The number of hydrogen-bond donors (Lipinski definition) is 1. The summed E-state index contributed by atoms with van der Waals surface area (Å²) in [5.74, 6) is 1.22. The summed E-state index contributed by atoms with van der Waals surface area (Å²) in [6.07, 6.45) is 0. The summed E-state index contributed by atoms with van der Waals surface area (Å²) in [6, 6.07) is 0. The first-order valence-electron chi connectivity index (χ1n) is 8.35. The lowest BCUT2D eigenvalue weighted by Gasteiger charge is -2.33. The molecule has 0 radical (unpaired) electrons. The fourth-order valence-corrected chi connectivity index (χ4v) is 3.59. The minimum atomic E-state index is 0. The third-order valence-corrected chi connectivity index (χ3v) is 5.41. The number of piperazine rings is 1. The molecule has 26 heavy (non-hydrogen) atoms. The van der Waals surface area contributed by atoms with Crippen molar-refractivity contribution in [1.82, 2.24) is 24.9 Å². The van der Waals surface area contributed by atoms with E-state index in [4.69, 9.17) is 15.2 Å². The third-order valence-electron chi connectivity index (χ3n) is 4.09. The van der Waals surface area contributed by atoms with Crippen LogP contribution in [-0.2, 0) is 25.0 Å². The van der Waals surface area contributed by atoms with Crippen LogP contribution in [0.4, 0.5) is 0 Å². The topological polar surface area (TPSA) is 84.3 Å². The van der Waals surface area contributed by atoms with Crippen LogP contribution in [0.25, 0.3) is 0 Å². The molecule has 0 amide bonds. The number of nitrogens with zero attached hydrogens (tertiary/aromatic N) is 5. The molecule has 10 heteroatoms. The molecule has 0 aromatic carbocycles. The second-order valence-electron chi connectivity index (χ2n) is 7.25. The van der Waals surface area contributed by atoms with Gasteiger partial charge >= 0.3 is 0 Å². The summed E-state index contributed by atoms with van der Waals surface area (Å²) in [5.41, 5.74) is 6.81. The van der Waals surface area contributed by atoms with E-state index in [1.807, 2.05) is 0 Å². The molecule has 1 fully saturated rings. The Kier molecular flexibility index (Phi) is 8.92. The van der Waals surface area contributed by atoms with Gasteiger partial charge in [-0.3, -0.25) is 9.80 Å². The Morgan fingerprint density at radius 2 is 1.69 bits per heavy atom. The molecule has 0 atom stereocenters. The number of halogens is 2. The fraction of sp³-hybridized carbons (Fsp3) is 0.688. The van der Waals surface area contributed by atoms with Crippen LogP contribution in [0.2, 0.25) is 0 Å². The standard InChI is InChI=1S/C16H26N6OS.2ClH/c1-16(2,3)15-18-12(11-24-15)9-21-4-6-22(7-5-21)10-13-19-14(8-17)23-20-13;;/h11H,4-10,17H2,1-3H3;2*1H. The van der Waals surface area contributed by atoms with Gasteiger partial charge in [0.2, 0.25) is 5.89 Å². The molecule has 1 aliphatic heterocycles. The predicted octanol–water partition coefficient (Wildman–Crippen LogP) is 2.44. The van der Waals surface area contributed by atoms with Gasteiger partial charge in [-0.2, -0.15) is 4.98 Å². The molecular weight excluding hydrogens is 395 g/mol. The van der Waals surface area contributed by atoms with Crippen molar-refractivity contribution in [2.45, 2.75) is 45.8 Å². The molecule has 7 nitrogen and oxygen atoms in total. The van der Waals surface area contributed by atoms with Crippen LogP contribution in [0.5, 0.6) is 0 Å². The maximum absolute atomic E-state index is 5.49. The summed E-state index contributed by atoms with van der Waals surface area (Å²) in [6.45, 7) is 12.7. The first kappa shape index (κ1) is 23.3. The lowest BCUT2D eigenvalue weighted by molar-refractivity contribution is 0.118. The zero-order valence-electron chi connectivity index (χ0n) is 15.5. The molecule has 0 spiro atoms. The van der Waals surface area contributed by atoms with E-state index in [0.717, 1.165) is 45.1 Å². The summed E-state index contributed by atoms with van der Waals surface area (Å²) in [5, 5.41) is 7.37. The second-order valence-corrected chi connectivity index (χ2v) is 8.11. The maximum Gasteiger partial charge on any atom is 0.240 e. The van der Waals surface area contributed by atoms with Crippen LogP contribution in [0, 0.1) is 0 Å². The Morgan fingerprint density at radius 1 is 1.08 bits per heavy atom. The second kappa shape index (κ2) is 9.96. The lowest BCUT2D eigenvalue weighted by atomic mass is 9.98. The van der Waals surface area contributed by atoms with Gasteiger partial charge in [0, 0.05) is 43.5 Å². The summed E-state index contributed by atoms with van der Waals surface area (Å²) in [4.78, 5) is 13.9. The Balaban J connectivity index is 0.00000169. The number of nitrogens with two attached hydrogens (primary N) is 1. The van der Waals surface area contributed by atoms with Crippen LogP contribution in [0.1, 0.15) is 43.2 Å². The molecule has 0 saturated carbocycles. The number of rotatable bonds is 5. The average Bonchev–Trinajstić information content (AvgIpc) is 3.18. The van der Waals surface area contributed by atoms with E-state index in [0.29, 0.717) is 12.4 Å². The van der Waals surface area contributed by atoms with Crippen LogP contribution in [0.3, 0.4) is 0 Å². The van der Waals surface area contributed by atoms with Crippen molar-refractivity contribution in [2.75, 3.05) is 26.2 Å². The third kappa shape index (κ3) is 6.14. The van der Waals surface area contributed by atoms with Gasteiger partial charge in [-0.05, 0) is 0 Å². The van der Waals surface area contributed by atoms with Crippen LogP contribution >= 0.6 is 36.2 Å². The highest BCUT2D eigenvalue weighted by Gasteiger charge is 2.21. The molecular formula is C16H28Cl2N6OS. The van der Waals surface area contributed by atoms with Gasteiger partial charge in [0.25, 0.3) is 0 Å². The van der Waals surface area contributed by atoms with Crippen molar-refractivity contribution < 1.29 is 4.52 Å².